The van der Waals surface area contributed by atoms with Gasteiger partial charge in [-0.25, -0.2) is 9.97 Å². The lowest BCUT2D eigenvalue weighted by atomic mass is 9.92. The molecule has 1 amide bonds. The van der Waals surface area contributed by atoms with Gasteiger partial charge in [0.2, 0.25) is 11.8 Å². The van der Waals surface area contributed by atoms with Crippen molar-refractivity contribution >= 4 is 39.4 Å². The summed E-state index contributed by atoms with van der Waals surface area (Å²) in [7, 11) is 3.61. The van der Waals surface area contributed by atoms with E-state index in [1.54, 1.807) is 22.8 Å². The molecule has 1 aliphatic rings. The van der Waals surface area contributed by atoms with Crippen LogP contribution in [0.1, 0.15) is 43.0 Å². The predicted molar refractivity (Wildman–Crippen MR) is 150 cm³/mol. The molecule has 0 N–H and O–H groups in total. The van der Waals surface area contributed by atoms with Crippen molar-refractivity contribution in [2.75, 3.05) is 32.1 Å². The van der Waals surface area contributed by atoms with Gasteiger partial charge in [0.05, 0.1) is 30.5 Å². The minimum atomic E-state index is -0.388. The molecule has 3 atom stereocenters. The Morgan fingerprint density at radius 2 is 1.95 bits per heavy atom. The quantitative estimate of drug-likeness (QED) is 0.362. The maximum Gasteiger partial charge on any atom is 0.239 e. The number of rotatable bonds is 6. The molecule has 9 nitrogen and oxygen atoms in total. The van der Waals surface area contributed by atoms with Crippen molar-refractivity contribution in [1.29, 1.82) is 5.26 Å². The minimum Gasteiger partial charge on any atom is -0.497 e. The molecule has 200 valence electrons. The third kappa shape index (κ3) is 4.90. The van der Waals surface area contributed by atoms with E-state index < -0.39 is 0 Å². The van der Waals surface area contributed by atoms with Gasteiger partial charge in [-0.15, -0.1) is 0 Å². The van der Waals surface area contributed by atoms with Gasteiger partial charge in [-0.3, -0.25) is 14.2 Å². The number of nitrogens with zero attached hydrogens (tertiary/aromatic N) is 6. The van der Waals surface area contributed by atoms with E-state index in [1.165, 1.54) is 6.33 Å². The van der Waals surface area contributed by atoms with Gasteiger partial charge in [0, 0.05) is 26.3 Å². The fourth-order valence-corrected chi connectivity index (χ4v) is 5.50. The molecular weight excluding hydrogens is 492 g/mol. The normalized spacial score (nSPS) is 18.1. The van der Waals surface area contributed by atoms with E-state index in [2.05, 4.69) is 21.8 Å². The van der Waals surface area contributed by atoms with E-state index in [9.17, 15) is 9.59 Å². The van der Waals surface area contributed by atoms with Crippen LogP contribution in [0.25, 0.3) is 21.8 Å². The summed E-state index contributed by atoms with van der Waals surface area (Å²) in [6.45, 7) is 5.25. The Kier molecular flexibility index (Phi) is 7.20. The van der Waals surface area contributed by atoms with E-state index in [4.69, 9.17) is 10.00 Å². The van der Waals surface area contributed by atoms with Crippen LogP contribution in [0.15, 0.2) is 55.0 Å². The second-order valence-corrected chi connectivity index (χ2v) is 10.3. The molecule has 9 heteroatoms. The Morgan fingerprint density at radius 3 is 2.72 bits per heavy atom. The second kappa shape index (κ2) is 10.7. The first-order valence-electron chi connectivity index (χ1n) is 13.1. The highest BCUT2D eigenvalue weighted by Crippen LogP contribution is 2.31. The van der Waals surface area contributed by atoms with E-state index in [1.807, 2.05) is 62.5 Å². The third-order valence-electron chi connectivity index (χ3n) is 7.97. The molecule has 5 rings (SSSR count). The van der Waals surface area contributed by atoms with E-state index in [0.717, 1.165) is 33.9 Å². The van der Waals surface area contributed by atoms with E-state index in [-0.39, 0.29) is 30.2 Å². The fraction of sp³-hybridized carbons (Fsp3) is 0.367. The number of hydrogen-bond acceptors (Lipinski definition) is 7. The summed E-state index contributed by atoms with van der Waals surface area (Å²) < 4.78 is 6.92. The molecule has 0 radical (unpaired) electrons. The Labute approximate surface area is 227 Å². The number of nitriles is 1. The number of carbonyl (C=O) groups is 2. The number of fused-ring (bicyclic) bond motifs is 2. The molecular formula is C30H32N6O3. The number of likely N-dealkylation sites (tertiary alicyclic amines) is 1. The van der Waals surface area contributed by atoms with Gasteiger partial charge in [0.15, 0.2) is 5.65 Å². The van der Waals surface area contributed by atoms with Crippen LogP contribution >= 0.6 is 0 Å². The lowest BCUT2D eigenvalue weighted by molar-refractivity contribution is -0.131. The first-order chi connectivity index (χ1) is 18.8. The molecule has 0 spiro atoms. The topological polar surface area (TPSA) is 104 Å². The second-order valence-electron chi connectivity index (χ2n) is 10.3. The van der Waals surface area contributed by atoms with Gasteiger partial charge in [0.25, 0.3) is 0 Å². The number of carbonyl (C=O) groups excluding carboxylic acids is 2. The zero-order valence-corrected chi connectivity index (χ0v) is 22.7. The number of aromatic nitrogens is 3. The summed E-state index contributed by atoms with van der Waals surface area (Å²) in [5.74, 6) is 1.22. The molecule has 1 fully saturated rings. The highest BCUT2D eigenvalue weighted by atomic mass is 16.5. The van der Waals surface area contributed by atoms with E-state index in [0.29, 0.717) is 30.5 Å². The minimum absolute atomic E-state index is 0.0219. The van der Waals surface area contributed by atoms with Crippen LogP contribution in [0, 0.1) is 17.2 Å². The van der Waals surface area contributed by atoms with Crippen LogP contribution in [0.2, 0.25) is 0 Å². The molecule has 2 aromatic heterocycles. The van der Waals surface area contributed by atoms with Crippen LogP contribution in [0.4, 0.5) is 5.82 Å². The third-order valence-corrected chi connectivity index (χ3v) is 7.97. The lowest BCUT2D eigenvalue weighted by Gasteiger charge is -2.42. The Hall–Kier alpha value is -4.45. The van der Waals surface area contributed by atoms with Gasteiger partial charge in [-0.1, -0.05) is 31.2 Å². The maximum absolute atomic E-state index is 13.7. The molecule has 39 heavy (non-hydrogen) atoms. The number of hydrogen-bond donors (Lipinski definition) is 0. The summed E-state index contributed by atoms with van der Waals surface area (Å²) in [6.07, 6.45) is 3.97. The Balaban J connectivity index is 1.42. The van der Waals surface area contributed by atoms with E-state index >= 15 is 0 Å². The van der Waals surface area contributed by atoms with Gasteiger partial charge >= 0.3 is 0 Å². The Bertz CT molecular complexity index is 1590. The first-order valence-corrected chi connectivity index (χ1v) is 13.1. The standard InChI is InChI=1S/C30H32N6O3/c1-19-10-13-35(27(37)9-12-31)17-26(19)34(3)28-25-11-14-36(29(25)33-18-32-28)30(38)20(2)21-5-6-23-16-24(39-4)8-7-22(23)15-21/h5-8,11,14-16,18-20,26H,9-10,13,17H2,1-4H3/t19-,20+,26+/m1/s1. The fourth-order valence-electron chi connectivity index (χ4n) is 5.50. The van der Waals surface area contributed by atoms with Crippen molar-refractivity contribution in [2.24, 2.45) is 5.92 Å². The predicted octanol–water partition coefficient (Wildman–Crippen LogP) is 4.62. The van der Waals surface area contributed by atoms with Gasteiger partial charge in [-0.2, -0.15) is 5.26 Å². The van der Waals surface area contributed by atoms with Crippen molar-refractivity contribution < 1.29 is 14.3 Å². The molecule has 2 aromatic carbocycles. The summed E-state index contributed by atoms with van der Waals surface area (Å²) in [5, 5.41) is 11.8. The van der Waals surface area contributed by atoms with Crippen LogP contribution in [-0.4, -0.2) is 64.5 Å². The van der Waals surface area contributed by atoms with Crippen LogP contribution in [0.3, 0.4) is 0 Å². The zero-order chi connectivity index (χ0) is 27.7. The lowest BCUT2D eigenvalue weighted by Crippen LogP contribution is -2.52. The van der Waals surface area contributed by atoms with Crippen molar-refractivity contribution in [2.45, 2.75) is 38.6 Å². The van der Waals surface area contributed by atoms with Gasteiger partial charge < -0.3 is 14.5 Å². The first kappa shape index (κ1) is 26.2. The average Bonchev–Trinajstić information content (AvgIpc) is 3.40. The monoisotopic (exact) mass is 524 g/mol. The molecule has 0 bridgehead atoms. The number of ether oxygens (including phenoxy) is 1. The number of amides is 1. The summed E-state index contributed by atoms with van der Waals surface area (Å²) in [6, 6.07) is 15.8. The maximum atomic E-state index is 13.7. The van der Waals surface area contributed by atoms with Crippen molar-refractivity contribution in [1.82, 2.24) is 19.4 Å². The summed E-state index contributed by atoms with van der Waals surface area (Å²) >= 11 is 0. The van der Waals surface area contributed by atoms with Crippen molar-refractivity contribution in [3.05, 3.63) is 60.6 Å². The zero-order valence-electron chi connectivity index (χ0n) is 22.7. The van der Waals surface area contributed by atoms with Crippen molar-refractivity contribution in [3.8, 4) is 11.8 Å². The number of benzene rings is 2. The van der Waals surface area contributed by atoms with Crippen molar-refractivity contribution in [3.63, 3.8) is 0 Å². The van der Waals surface area contributed by atoms with Crippen LogP contribution < -0.4 is 9.64 Å². The number of anilines is 1. The number of piperidine rings is 1. The summed E-state index contributed by atoms with van der Waals surface area (Å²) in [4.78, 5) is 38.9. The highest BCUT2D eigenvalue weighted by molar-refractivity contribution is 5.98. The molecule has 0 unspecified atom stereocenters. The molecule has 0 aliphatic carbocycles. The SMILES string of the molecule is COc1ccc2cc([C@H](C)C(=O)n3ccc4c(N(C)[C@H]5CN(C(=O)CC#N)CC[C@H]5C)ncnc43)ccc2c1. The molecule has 1 aliphatic heterocycles. The Morgan fingerprint density at radius 1 is 1.18 bits per heavy atom. The molecule has 1 saturated heterocycles. The largest absolute Gasteiger partial charge is 0.497 e. The van der Waals surface area contributed by atoms with Crippen LogP contribution in [-0.2, 0) is 4.79 Å². The van der Waals surface area contributed by atoms with Gasteiger partial charge in [-0.05, 0) is 53.8 Å². The highest BCUT2D eigenvalue weighted by Gasteiger charge is 2.33. The number of methoxy groups -OCH3 is 1. The van der Waals surface area contributed by atoms with Gasteiger partial charge in [0.1, 0.15) is 24.3 Å². The van der Waals surface area contributed by atoms with Crippen LogP contribution in [0.5, 0.6) is 5.75 Å². The smallest absolute Gasteiger partial charge is 0.239 e. The summed E-state index contributed by atoms with van der Waals surface area (Å²) in [5.41, 5.74) is 1.47. The molecule has 0 saturated carbocycles. The molecule has 3 heterocycles. The number of likely N-dealkylation sites (N-methyl/N-ethyl adjacent to an activating group) is 1. The average molecular weight is 525 g/mol. The molecule has 4 aromatic rings.